The maximum atomic E-state index is 5.11. The second-order valence-electron chi connectivity index (χ2n) is 11.3. The van der Waals surface area contributed by atoms with Crippen LogP contribution in [0.1, 0.15) is 0 Å². The highest BCUT2D eigenvalue weighted by Gasteiger charge is 2.18. The van der Waals surface area contributed by atoms with Crippen molar-refractivity contribution in [3.05, 3.63) is 152 Å². The van der Waals surface area contributed by atoms with E-state index in [1.165, 1.54) is 10.8 Å². The first-order chi connectivity index (χ1) is 23.3. The lowest BCUT2D eigenvalue weighted by molar-refractivity contribution is 1.08. The third-order valence-corrected chi connectivity index (χ3v) is 9.55. The Morgan fingerprint density at radius 2 is 0.936 bits per heavy atom. The van der Waals surface area contributed by atoms with Gasteiger partial charge in [-0.25, -0.2) is 24.9 Å². The second kappa shape index (κ2) is 11.4. The monoisotopic (exact) mass is 619 g/mol. The zero-order chi connectivity index (χ0) is 31.2. The normalized spacial score (nSPS) is 11.4. The number of aromatic nitrogens is 5. The van der Waals surface area contributed by atoms with Crippen LogP contribution in [0.3, 0.4) is 0 Å². The lowest BCUT2D eigenvalue weighted by Gasteiger charge is -2.09. The van der Waals surface area contributed by atoms with Gasteiger partial charge in [0.05, 0.1) is 11.2 Å². The van der Waals surface area contributed by atoms with E-state index in [2.05, 4.69) is 60.7 Å². The maximum Gasteiger partial charge on any atom is 0.165 e. The molecule has 9 aromatic rings. The summed E-state index contributed by atoms with van der Waals surface area (Å²) in [5.41, 5.74) is 6.79. The largest absolute Gasteiger partial charge is 0.228 e. The van der Waals surface area contributed by atoms with Crippen LogP contribution in [0.2, 0.25) is 0 Å². The van der Waals surface area contributed by atoms with Gasteiger partial charge in [0.15, 0.2) is 23.3 Å². The Morgan fingerprint density at radius 1 is 0.362 bits per heavy atom. The molecule has 3 aromatic heterocycles. The molecule has 5 nitrogen and oxygen atoms in total. The van der Waals surface area contributed by atoms with Crippen molar-refractivity contribution in [2.45, 2.75) is 0 Å². The topological polar surface area (TPSA) is 64.5 Å². The van der Waals surface area contributed by atoms with Gasteiger partial charge in [0.2, 0.25) is 0 Å². The Morgan fingerprint density at radius 3 is 1.64 bits per heavy atom. The Balaban J connectivity index is 1.21. The molecule has 0 bridgehead atoms. The molecule has 0 unspecified atom stereocenters. The minimum Gasteiger partial charge on any atom is -0.228 e. The summed E-state index contributed by atoms with van der Waals surface area (Å²) < 4.78 is 2.29. The van der Waals surface area contributed by atoms with Gasteiger partial charge in [-0.3, -0.25) is 0 Å². The fourth-order valence-electron chi connectivity index (χ4n) is 6.06. The van der Waals surface area contributed by atoms with E-state index in [1.807, 2.05) is 91.0 Å². The van der Waals surface area contributed by atoms with E-state index in [-0.39, 0.29) is 0 Å². The molecule has 0 aliphatic carbocycles. The number of rotatable bonds is 5. The van der Waals surface area contributed by atoms with Gasteiger partial charge in [0.1, 0.15) is 0 Å². The van der Waals surface area contributed by atoms with Crippen LogP contribution in [-0.4, -0.2) is 24.9 Å². The number of para-hydroxylation sites is 1. The number of hydrogen-bond acceptors (Lipinski definition) is 6. The van der Waals surface area contributed by atoms with Gasteiger partial charge in [0.25, 0.3) is 0 Å². The maximum absolute atomic E-state index is 5.11. The molecule has 0 saturated carbocycles. The second-order valence-corrected chi connectivity index (χ2v) is 12.4. The van der Waals surface area contributed by atoms with Crippen LogP contribution in [0, 0.1) is 0 Å². The van der Waals surface area contributed by atoms with Crippen LogP contribution < -0.4 is 0 Å². The van der Waals surface area contributed by atoms with Crippen molar-refractivity contribution in [1.29, 1.82) is 0 Å². The Bertz CT molecular complexity index is 2510. The molecule has 0 atom stereocenters. The first kappa shape index (κ1) is 27.2. The fraction of sp³-hybridized carbons (Fsp3) is 0. The van der Waals surface area contributed by atoms with E-state index in [0.717, 1.165) is 53.8 Å². The summed E-state index contributed by atoms with van der Waals surface area (Å²) in [6.45, 7) is 0. The van der Waals surface area contributed by atoms with Crippen molar-refractivity contribution in [1.82, 2.24) is 24.9 Å². The standard InChI is InChI=1S/C41H25N5S/c1-4-13-26(14-5-1)36-32-19-10-11-22-34(32)42-40(43-36)29-23-24-30-31-20-12-21-33(37(31)47-35(30)25-29)41-45-38(27-15-6-2-7-16-27)44-39(46-41)28-17-8-3-9-18-28/h1-25H. The number of nitrogens with zero attached hydrogens (tertiary/aromatic N) is 5. The summed E-state index contributed by atoms with van der Waals surface area (Å²) >= 11 is 1.74. The van der Waals surface area contributed by atoms with Crippen molar-refractivity contribution in [2.24, 2.45) is 0 Å². The van der Waals surface area contributed by atoms with Gasteiger partial charge >= 0.3 is 0 Å². The van der Waals surface area contributed by atoms with Crippen molar-refractivity contribution < 1.29 is 0 Å². The Labute approximate surface area is 275 Å². The fourth-order valence-corrected chi connectivity index (χ4v) is 7.32. The molecular weight excluding hydrogens is 595 g/mol. The minimum absolute atomic E-state index is 0.650. The molecule has 6 aromatic carbocycles. The summed E-state index contributed by atoms with van der Waals surface area (Å²) in [5, 5.41) is 3.39. The Kier molecular flexibility index (Phi) is 6.58. The summed E-state index contributed by atoms with van der Waals surface area (Å²) in [6, 6.07) is 51.6. The summed E-state index contributed by atoms with van der Waals surface area (Å²) in [7, 11) is 0. The van der Waals surface area contributed by atoms with E-state index in [0.29, 0.717) is 23.3 Å². The molecule has 6 heteroatoms. The van der Waals surface area contributed by atoms with Crippen molar-refractivity contribution in [3.63, 3.8) is 0 Å². The number of benzene rings is 6. The number of fused-ring (bicyclic) bond motifs is 4. The summed E-state index contributed by atoms with van der Waals surface area (Å²) in [4.78, 5) is 25.0. The molecule has 3 heterocycles. The third kappa shape index (κ3) is 4.92. The molecule has 9 rings (SSSR count). The average Bonchev–Trinajstić information content (AvgIpc) is 3.53. The molecule has 0 aliphatic rings. The van der Waals surface area contributed by atoms with Crippen LogP contribution in [-0.2, 0) is 0 Å². The third-order valence-electron chi connectivity index (χ3n) is 8.35. The van der Waals surface area contributed by atoms with Gasteiger partial charge in [-0.05, 0) is 18.2 Å². The first-order valence-corrected chi connectivity index (χ1v) is 16.3. The van der Waals surface area contributed by atoms with E-state index in [1.54, 1.807) is 11.3 Å². The van der Waals surface area contributed by atoms with Gasteiger partial charge in [0, 0.05) is 53.4 Å². The molecule has 0 N–H and O–H groups in total. The smallest absolute Gasteiger partial charge is 0.165 e. The van der Waals surface area contributed by atoms with Crippen LogP contribution in [0.5, 0.6) is 0 Å². The highest BCUT2D eigenvalue weighted by Crippen LogP contribution is 2.41. The van der Waals surface area contributed by atoms with Crippen LogP contribution in [0.15, 0.2) is 152 Å². The predicted octanol–water partition coefficient (Wildman–Crippen LogP) is 10.5. The molecule has 0 spiro atoms. The van der Waals surface area contributed by atoms with E-state index in [4.69, 9.17) is 24.9 Å². The predicted molar refractivity (Wildman–Crippen MR) is 193 cm³/mol. The molecule has 0 fully saturated rings. The van der Waals surface area contributed by atoms with Crippen molar-refractivity contribution in [3.8, 4) is 56.8 Å². The van der Waals surface area contributed by atoms with Crippen LogP contribution >= 0.6 is 11.3 Å². The molecule has 47 heavy (non-hydrogen) atoms. The zero-order valence-corrected chi connectivity index (χ0v) is 25.9. The molecule has 220 valence electrons. The minimum atomic E-state index is 0.650. The van der Waals surface area contributed by atoms with Gasteiger partial charge in [-0.15, -0.1) is 11.3 Å². The van der Waals surface area contributed by atoms with Crippen LogP contribution in [0.25, 0.3) is 87.9 Å². The van der Waals surface area contributed by atoms with E-state index in [9.17, 15) is 0 Å². The zero-order valence-electron chi connectivity index (χ0n) is 25.1. The van der Waals surface area contributed by atoms with Gasteiger partial charge in [-0.1, -0.05) is 133 Å². The summed E-state index contributed by atoms with van der Waals surface area (Å²) in [5.74, 6) is 2.66. The number of thiophene rings is 1. The van der Waals surface area contributed by atoms with Crippen LogP contribution in [0.4, 0.5) is 0 Å². The quantitative estimate of drug-likeness (QED) is 0.192. The van der Waals surface area contributed by atoms with Crippen molar-refractivity contribution >= 4 is 42.4 Å². The lowest BCUT2D eigenvalue weighted by Crippen LogP contribution is -2.00. The van der Waals surface area contributed by atoms with Gasteiger partial charge < -0.3 is 0 Å². The van der Waals surface area contributed by atoms with E-state index < -0.39 is 0 Å². The molecule has 0 aliphatic heterocycles. The number of hydrogen-bond donors (Lipinski definition) is 0. The average molecular weight is 620 g/mol. The highest BCUT2D eigenvalue weighted by atomic mass is 32.1. The summed E-state index contributed by atoms with van der Waals surface area (Å²) in [6.07, 6.45) is 0. The lowest BCUT2D eigenvalue weighted by atomic mass is 10.0. The highest BCUT2D eigenvalue weighted by molar-refractivity contribution is 7.26. The molecular formula is C41H25N5S. The first-order valence-electron chi connectivity index (χ1n) is 15.4. The van der Waals surface area contributed by atoms with Gasteiger partial charge in [-0.2, -0.15) is 0 Å². The Hall–Kier alpha value is -6.11. The molecule has 0 saturated heterocycles. The molecule has 0 amide bonds. The molecule has 0 radical (unpaired) electrons. The van der Waals surface area contributed by atoms with Crippen molar-refractivity contribution in [2.75, 3.05) is 0 Å². The van der Waals surface area contributed by atoms with E-state index >= 15 is 0 Å². The SMILES string of the molecule is c1ccc(-c2nc(-c3ccccc3)nc(-c3cccc4c3sc3cc(-c5nc(-c6ccccc6)c6ccccc6n5)ccc34)n2)cc1.